The molecule has 1 saturated heterocycles. The Balaban J connectivity index is 2.11. The van der Waals surface area contributed by atoms with Gasteiger partial charge >= 0.3 is 5.97 Å². The largest absolute Gasteiger partial charge is 0.469 e. The molecule has 2 N–H and O–H groups in total. The molecule has 102 valence electrons. The zero-order valence-electron chi connectivity index (χ0n) is 10.6. The number of nitrogens with zero attached hydrogens (tertiary/aromatic N) is 1. The number of amides is 1. The van der Waals surface area contributed by atoms with Crippen LogP contribution in [0.25, 0.3) is 0 Å². The third-order valence-corrected chi connectivity index (χ3v) is 3.49. The molecule has 1 heterocycles. The van der Waals surface area contributed by atoms with E-state index in [9.17, 15) is 9.59 Å². The van der Waals surface area contributed by atoms with Gasteiger partial charge in [0.05, 0.1) is 18.6 Å². The highest BCUT2D eigenvalue weighted by Gasteiger charge is 2.32. The molecule has 2 rings (SSSR count). The van der Waals surface area contributed by atoms with Gasteiger partial charge in [-0.3, -0.25) is 9.59 Å². The van der Waals surface area contributed by atoms with Crippen molar-refractivity contribution in [2.75, 3.05) is 25.9 Å². The number of nitrogen functional groups attached to an aromatic ring is 1. The van der Waals surface area contributed by atoms with Gasteiger partial charge in [-0.1, -0.05) is 11.6 Å². The lowest BCUT2D eigenvalue weighted by atomic mass is 10.1. The molecule has 1 amide bonds. The summed E-state index contributed by atoms with van der Waals surface area (Å²) in [6.45, 7) is 0.897. The molecule has 19 heavy (non-hydrogen) atoms. The number of benzene rings is 1. The van der Waals surface area contributed by atoms with Gasteiger partial charge in [0.25, 0.3) is 5.91 Å². The maximum absolute atomic E-state index is 12.3. The first-order valence-electron chi connectivity index (χ1n) is 5.95. The van der Waals surface area contributed by atoms with Gasteiger partial charge in [0, 0.05) is 23.8 Å². The Morgan fingerprint density at radius 1 is 1.47 bits per heavy atom. The Bertz CT molecular complexity index is 519. The van der Waals surface area contributed by atoms with E-state index in [1.165, 1.54) is 7.11 Å². The minimum absolute atomic E-state index is 0.180. The minimum atomic E-state index is -0.278. The predicted molar refractivity (Wildman–Crippen MR) is 71.9 cm³/mol. The second kappa shape index (κ2) is 5.48. The van der Waals surface area contributed by atoms with E-state index < -0.39 is 0 Å². The number of carbonyl (C=O) groups excluding carboxylic acids is 2. The lowest BCUT2D eigenvalue weighted by Crippen LogP contribution is -2.30. The Morgan fingerprint density at radius 3 is 2.84 bits per heavy atom. The number of anilines is 1. The van der Waals surface area contributed by atoms with Gasteiger partial charge in [-0.25, -0.2) is 0 Å². The maximum atomic E-state index is 12.3. The maximum Gasteiger partial charge on any atom is 0.310 e. The summed E-state index contributed by atoms with van der Waals surface area (Å²) in [6, 6.07) is 4.77. The molecular weight excluding hydrogens is 268 g/mol. The molecule has 5 nitrogen and oxygen atoms in total. The lowest BCUT2D eigenvalue weighted by molar-refractivity contribution is -0.144. The number of likely N-dealkylation sites (tertiary alicyclic amines) is 1. The molecule has 0 radical (unpaired) electrons. The monoisotopic (exact) mass is 282 g/mol. The standard InChI is InChI=1S/C13H15ClN2O3/c1-19-13(18)8-4-5-16(7-8)12(17)10-3-2-9(14)6-11(10)15/h2-3,6,8H,4-5,7,15H2,1H3. The molecule has 1 aliphatic rings. The summed E-state index contributed by atoms with van der Waals surface area (Å²) in [5.41, 5.74) is 6.55. The van der Waals surface area contributed by atoms with Gasteiger partial charge in [-0.2, -0.15) is 0 Å². The van der Waals surface area contributed by atoms with Crippen LogP contribution < -0.4 is 5.73 Å². The van der Waals surface area contributed by atoms with E-state index in [2.05, 4.69) is 4.74 Å². The molecule has 1 atom stereocenters. The van der Waals surface area contributed by atoms with Gasteiger partial charge in [0.15, 0.2) is 0 Å². The average Bonchev–Trinajstić information content (AvgIpc) is 2.86. The fraction of sp³-hybridized carbons (Fsp3) is 0.385. The van der Waals surface area contributed by atoms with Crippen LogP contribution in [0, 0.1) is 5.92 Å². The molecular formula is C13H15ClN2O3. The van der Waals surface area contributed by atoms with E-state index in [0.717, 1.165) is 0 Å². The quantitative estimate of drug-likeness (QED) is 0.660. The number of hydrogen-bond donors (Lipinski definition) is 1. The van der Waals surface area contributed by atoms with E-state index in [1.807, 2.05) is 0 Å². The molecule has 1 aromatic rings. The zero-order valence-corrected chi connectivity index (χ0v) is 11.3. The first-order chi connectivity index (χ1) is 9.02. The van der Waals surface area contributed by atoms with E-state index in [4.69, 9.17) is 17.3 Å². The smallest absolute Gasteiger partial charge is 0.310 e. The van der Waals surface area contributed by atoms with Crippen LogP contribution in [0.2, 0.25) is 5.02 Å². The molecule has 0 aromatic heterocycles. The van der Waals surface area contributed by atoms with Gasteiger partial charge in [0.2, 0.25) is 0 Å². The number of rotatable bonds is 2. The Kier molecular flexibility index (Phi) is 3.95. The molecule has 1 aliphatic heterocycles. The van der Waals surface area contributed by atoms with Crippen LogP contribution in [0.5, 0.6) is 0 Å². The number of methoxy groups -OCH3 is 1. The number of nitrogens with two attached hydrogens (primary N) is 1. The van der Waals surface area contributed by atoms with Crippen LogP contribution in [0.1, 0.15) is 16.8 Å². The molecule has 0 bridgehead atoms. The van der Waals surface area contributed by atoms with Crippen molar-refractivity contribution < 1.29 is 14.3 Å². The molecule has 0 saturated carbocycles. The first kappa shape index (κ1) is 13.7. The summed E-state index contributed by atoms with van der Waals surface area (Å²) in [7, 11) is 1.35. The van der Waals surface area contributed by atoms with Crippen LogP contribution >= 0.6 is 11.6 Å². The van der Waals surface area contributed by atoms with Crippen molar-refractivity contribution in [2.45, 2.75) is 6.42 Å². The van der Waals surface area contributed by atoms with Gasteiger partial charge < -0.3 is 15.4 Å². The van der Waals surface area contributed by atoms with Crippen molar-refractivity contribution in [3.8, 4) is 0 Å². The van der Waals surface area contributed by atoms with Crippen molar-refractivity contribution in [1.82, 2.24) is 4.90 Å². The molecule has 0 spiro atoms. The lowest BCUT2D eigenvalue weighted by Gasteiger charge is -2.17. The Hall–Kier alpha value is -1.75. The number of esters is 1. The van der Waals surface area contributed by atoms with Gasteiger partial charge in [-0.15, -0.1) is 0 Å². The Morgan fingerprint density at radius 2 is 2.21 bits per heavy atom. The molecule has 1 aromatic carbocycles. The van der Waals surface area contributed by atoms with Gasteiger partial charge in [-0.05, 0) is 24.6 Å². The Labute approximate surface area is 116 Å². The summed E-state index contributed by atoms with van der Waals surface area (Å²) in [4.78, 5) is 25.3. The zero-order chi connectivity index (χ0) is 14.0. The topological polar surface area (TPSA) is 72.6 Å². The molecule has 1 unspecified atom stereocenters. The first-order valence-corrected chi connectivity index (χ1v) is 6.33. The van der Waals surface area contributed by atoms with E-state index in [-0.39, 0.29) is 17.8 Å². The fourth-order valence-electron chi connectivity index (χ4n) is 2.20. The SMILES string of the molecule is COC(=O)C1CCN(C(=O)c2ccc(Cl)cc2N)C1. The second-order valence-electron chi connectivity index (χ2n) is 4.49. The fourth-order valence-corrected chi connectivity index (χ4v) is 2.38. The number of ether oxygens (including phenoxy) is 1. The van der Waals surface area contributed by atoms with E-state index >= 15 is 0 Å². The summed E-state index contributed by atoms with van der Waals surface area (Å²) in [6.07, 6.45) is 0.617. The van der Waals surface area contributed by atoms with Crippen molar-refractivity contribution in [2.24, 2.45) is 5.92 Å². The van der Waals surface area contributed by atoms with Crippen LogP contribution in [-0.2, 0) is 9.53 Å². The highest BCUT2D eigenvalue weighted by molar-refractivity contribution is 6.31. The minimum Gasteiger partial charge on any atom is -0.469 e. The van der Waals surface area contributed by atoms with Crippen molar-refractivity contribution in [3.63, 3.8) is 0 Å². The molecule has 1 fully saturated rings. The van der Waals surface area contributed by atoms with Crippen molar-refractivity contribution in [3.05, 3.63) is 28.8 Å². The van der Waals surface area contributed by atoms with E-state index in [1.54, 1.807) is 23.1 Å². The highest BCUT2D eigenvalue weighted by atomic mass is 35.5. The number of halogens is 1. The number of carbonyl (C=O) groups is 2. The third-order valence-electron chi connectivity index (χ3n) is 3.25. The second-order valence-corrected chi connectivity index (χ2v) is 4.93. The summed E-state index contributed by atoms with van der Waals surface area (Å²) >= 11 is 5.80. The summed E-state index contributed by atoms with van der Waals surface area (Å²) in [5, 5.41) is 0.489. The van der Waals surface area contributed by atoms with E-state index in [0.29, 0.717) is 35.8 Å². The molecule has 6 heteroatoms. The summed E-state index contributed by atoms with van der Waals surface area (Å²) < 4.78 is 4.69. The van der Waals surface area contributed by atoms with Crippen molar-refractivity contribution >= 4 is 29.2 Å². The van der Waals surface area contributed by atoms with Gasteiger partial charge in [0.1, 0.15) is 0 Å². The highest BCUT2D eigenvalue weighted by Crippen LogP contribution is 2.24. The van der Waals surface area contributed by atoms with Crippen LogP contribution in [0.3, 0.4) is 0 Å². The summed E-state index contributed by atoms with van der Waals surface area (Å²) in [5.74, 6) is -0.706. The van der Waals surface area contributed by atoms with Crippen LogP contribution in [0.4, 0.5) is 5.69 Å². The van der Waals surface area contributed by atoms with Crippen LogP contribution in [0.15, 0.2) is 18.2 Å². The van der Waals surface area contributed by atoms with Crippen molar-refractivity contribution in [1.29, 1.82) is 0 Å². The molecule has 0 aliphatic carbocycles. The number of hydrogen-bond acceptors (Lipinski definition) is 4. The van der Waals surface area contributed by atoms with Crippen LogP contribution in [-0.4, -0.2) is 37.0 Å². The third kappa shape index (κ3) is 2.81. The predicted octanol–water partition coefficient (Wildman–Crippen LogP) is 1.56. The average molecular weight is 283 g/mol. The normalized spacial score (nSPS) is 18.4.